The van der Waals surface area contributed by atoms with Gasteiger partial charge in [-0.25, -0.2) is 4.79 Å². The number of methoxy groups -OCH3 is 2. The van der Waals surface area contributed by atoms with E-state index in [9.17, 15) is 22.8 Å². The summed E-state index contributed by atoms with van der Waals surface area (Å²) in [6.07, 6.45) is -4.40. The van der Waals surface area contributed by atoms with Crippen LogP contribution in [0.5, 0.6) is 17.2 Å². The molecule has 0 spiro atoms. The van der Waals surface area contributed by atoms with Crippen LogP contribution in [0.25, 0.3) is 0 Å². The molecule has 1 aliphatic rings. The number of benzene rings is 2. The Morgan fingerprint density at radius 3 is 2.39 bits per heavy atom. The Hall–Kier alpha value is -3.63. The van der Waals surface area contributed by atoms with Crippen molar-refractivity contribution in [1.29, 1.82) is 0 Å². The lowest BCUT2D eigenvalue weighted by atomic mass is 10.1. The first kappa shape index (κ1) is 28.9. The molecule has 0 aliphatic carbocycles. The van der Waals surface area contributed by atoms with Gasteiger partial charge in [-0.3, -0.25) is 9.69 Å². The minimum absolute atomic E-state index is 0.0233. The van der Waals surface area contributed by atoms with Gasteiger partial charge in [-0.2, -0.15) is 13.2 Å². The normalized spacial score (nSPS) is 13.9. The molecule has 0 radical (unpaired) electrons. The van der Waals surface area contributed by atoms with Gasteiger partial charge in [0.25, 0.3) is 0 Å². The van der Waals surface area contributed by atoms with E-state index in [1.165, 1.54) is 12.0 Å². The number of anilines is 1. The number of ether oxygens (including phenoxy) is 3. The fraction of sp³-hybridized carbons (Fsp3) is 0.481. The van der Waals surface area contributed by atoms with Gasteiger partial charge in [-0.15, -0.1) is 0 Å². The average Bonchev–Trinajstić information content (AvgIpc) is 2.87. The van der Waals surface area contributed by atoms with E-state index in [0.717, 1.165) is 17.5 Å². The monoisotopic (exact) mass is 537 g/mol. The summed E-state index contributed by atoms with van der Waals surface area (Å²) < 4.78 is 53.8. The first-order valence-electron chi connectivity index (χ1n) is 12.3. The molecule has 3 amide bonds. The zero-order chi connectivity index (χ0) is 27.9. The highest BCUT2D eigenvalue weighted by molar-refractivity contribution is 5.93. The van der Waals surface area contributed by atoms with Crippen LogP contribution < -0.4 is 19.1 Å². The number of rotatable bonds is 11. The molecule has 0 saturated carbocycles. The maximum Gasteiger partial charge on any atom is 0.389 e. The minimum atomic E-state index is -4.24. The van der Waals surface area contributed by atoms with E-state index in [2.05, 4.69) is 0 Å². The Morgan fingerprint density at radius 2 is 1.74 bits per heavy atom. The molecule has 0 atom stereocenters. The van der Waals surface area contributed by atoms with Gasteiger partial charge in [0.2, 0.25) is 5.91 Å². The first-order chi connectivity index (χ1) is 18.0. The topological polar surface area (TPSA) is 71.6 Å². The molecule has 11 heteroatoms. The smallest absolute Gasteiger partial charge is 0.389 e. The van der Waals surface area contributed by atoms with Gasteiger partial charge in [0.1, 0.15) is 5.75 Å². The number of nitrogens with zero attached hydrogens (tertiary/aromatic N) is 3. The van der Waals surface area contributed by atoms with Gasteiger partial charge in [0.15, 0.2) is 11.5 Å². The molecular formula is C27H34F3N3O5. The van der Waals surface area contributed by atoms with Crippen LogP contribution >= 0.6 is 0 Å². The van der Waals surface area contributed by atoms with Gasteiger partial charge in [0, 0.05) is 50.9 Å². The molecule has 0 bridgehead atoms. The summed E-state index contributed by atoms with van der Waals surface area (Å²) in [4.78, 5) is 30.3. The Bertz CT molecular complexity index is 1120. The second-order valence-electron chi connectivity index (χ2n) is 9.22. The molecule has 0 N–H and O–H groups in total. The lowest BCUT2D eigenvalue weighted by Crippen LogP contribution is -2.49. The summed E-state index contributed by atoms with van der Waals surface area (Å²) in [5, 5.41) is 0. The third-order valence-electron chi connectivity index (χ3n) is 6.20. The fourth-order valence-corrected chi connectivity index (χ4v) is 4.14. The van der Waals surface area contributed by atoms with Gasteiger partial charge in [-0.05, 0) is 36.6 Å². The molecule has 0 unspecified atom stereocenters. The van der Waals surface area contributed by atoms with E-state index in [4.69, 9.17) is 14.2 Å². The van der Waals surface area contributed by atoms with Crippen LogP contribution in [-0.2, 0) is 17.8 Å². The largest absolute Gasteiger partial charge is 0.496 e. The maximum atomic E-state index is 13.4. The predicted octanol–water partition coefficient (Wildman–Crippen LogP) is 4.89. The number of amides is 3. The van der Waals surface area contributed by atoms with Crippen molar-refractivity contribution in [1.82, 2.24) is 9.80 Å². The van der Waals surface area contributed by atoms with E-state index in [1.54, 1.807) is 49.2 Å². The third kappa shape index (κ3) is 7.69. The lowest BCUT2D eigenvalue weighted by molar-refractivity contribution is -0.136. The number of hydrogen-bond donors (Lipinski definition) is 0. The van der Waals surface area contributed by atoms with Gasteiger partial charge >= 0.3 is 12.2 Å². The number of hydrogen-bond acceptors (Lipinski definition) is 5. The lowest BCUT2D eigenvalue weighted by Gasteiger charge is -2.36. The molecule has 1 aliphatic heterocycles. The molecule has 0 aromatic heterocycles. The molecule has 1 fully saturated rings. The van der Waals surface area contributed by atoms with Crippen molar-refractivity contribution in [2.75, 3.05) is 52.9 Å². The van der Waals surface area contributed by atoms with Crippen molar-refractivity contribution in [3.05, 3.63) is 47.5 Å². The maximum absolute atomic E-state index is 13.4. The van der Waals surface area contributed by atoms with E-state index < -0.39 is 12.6 Å². The minimum Gasteiger partial charge on any atom is -0.496 e. The molecule has 2 aromatic carbocycles. The summed E-state index contributed by atoms with van der Waals surface area (Å²) in [5.74, 6) is 1.23. The highest BCUT2D eigenvalue weighted by atomic mass is 19.4. The predicted molar refractivity (Wildman–Crippen MR) is 137 cm³/mol. The molecule has 38 heavy (non-hydrogen) atoms. The Kier molecular flexibility index (Phi) is 9.71. The van der Waals surface area contributed by atoms with Crippen molar-refractivity contribution in [2.45, 2.75) is 38.4 Å². The first-order valence-corrected chi connectivity index (χ1v) is 12.3. The Morgan fingerprint density at radius 1 is 1.00 bits per heavy atom. The summed E-state index contributed by atoms with van der Waals surface area (Å²) in [7, 11) is 6.40. The standard InChI is InChI=1S/C27H34F3N3O5/c1-31(2)25(34)16-19-7-8-20(23(15-19)37-4)18-32-12-6-13-33(26(32)35)21-9-10-22(36-3)24(17-21)38-14-5-11-27(28,29)30/h7-10,15,17H,5-6,11-14,16,18H2,1-4H3. The molecule has 1 heterocycles. The van der Waals surface area contributed by atoms with E-state index in [0.29, 0.717) is 36.8 Å². The van der Waals surface area contributed by atoms with Crippen LogP contribution in [0.2, 0.25) is 0 Å². The molecule has 1 saturated heterocycles. The van der Waals surface area contributed by atoms with Crippen molar-refractivity contribution >= 4 is 17.6 Å². The summed E-state index contributed by atoms with van der Waals surface area (Å²) in [6, 6.07) is 10.3. The van der Waals surface area contributed by atoms with E-state index >= 15 is 0 Å². The van der Waals surface area contributed by atoms with E-state index in [-0.39, 0.29) is 37.1 Å². The molecule has 8 nitrogen and oxygen atoms in total. The highest BCUT2D eigenvalue weighted by Crippen LogP contribution is 2.34. The summed E-state index contributed by atoms with van der Waals surface area (Å²) in [6.45, 7) is 1.22. The molecule has 3 rings (SSSR count). The quantitative estimate of drug-likeness (QED) is 0.382. The van der Waals surface area contributed by atoms with Gasteiger partial charge in [-0.1, -0.05) is 12.1 Å². The second kappa shape index (κ2) is 12.7. The summed E-state index contributed by atoms with van der Waals surface area (Å²) >= 11 is 0. The van der Waals surface area contributed by atoms with Crippen LogP contribution in [0.1, 0.15) is 30.4 Å². The van der Waals surface area contributed by atoms with Crippen molar-refractivity contribution in [3.8, 4) is 17.2 Å². The summed E-state index contributed by atoms with van der Waals surface area (Å²) in [5.41, 5.74) is 2.19. The van der Waals surface area contributed by atoms with Gasteiger partial charge in [0.05, 0.1) is 33.8 Å². The highest BCUT2D eigenvalue weighted by Gasteiger charge is 2.29. The van der Waals surface area contributed by atoms with Crippen LogP contribution in [-0.4, -0.2) is 75.9 Å². The number of carbonyl (C=O) groups is 2. The zero-order valence-corrected chi connectivity index (χ0v) is 22.1. The number of likely N-dealkylation sites (N-methyl/N-ethyl adjacent to an activating group) is 1. The van der Waals surface area contributed by atoms with Crippen molar-refractivity contribution < 1.29 is 37.0 Å². The zero-order valence-electron chi connectivity index (χ0n) is 22.1. The number of urea groups is 1. The van der Waals surface area contributed by atoms with Crippen LogP contribution in [0.4, 0.5) is 23.7 Å². The fourth-order valence-electron chi connectivity index (χ4n) is 4.14. The number of carbonyl (C=O) groups excluding carboxylic acids is 2. The second-order valence-corrected chi connectivity index (χ2v) is 9.22. The van der Waals surface area contributed by atoms with E-state index in [1.807, 2.05) is 18.2 Å². The average molecular weight is 538 g/mol. The van der Waals surface area contributed by atoms with Crippen molar-refractivity contribution in [2.24, 2.45) is 0 Å². The molecular weight excluding hydrogens is 503 g/mol. The number of alkyl halides is 3. The van der Waals surface area contributed by atoms with Crippen LogP contribution in [0.3, 0.4) is 0 Å². The Labute approximate surface area is 220 Å². The molecule has 208 valence electrons. The van der Waals surface area contributed by atoms with Crippen molar-refractivity contribution in [3.63, 3.8) is 0 Å². The third-order valence-corrected chi connectivity index (χ3v) is 6.20. The van der Waals surface area contributed by atoms with Crippen LogP contribution in [0, 0.1) is 0 Å². The molecule has 2 aromatic rings. The van der Waals surface area contributed by atoms with Crippen LogP contribution in [0.15, 0.2) is 36.4 Å². The van der Waals surface area contributed by atoms with Gasteiger partial charge < -0.3 is 24.0 Å². The number of halogens is 3. The SMILES string of the molecule is COc1cc(CC(=O)N(C)C)ccc1CN1CCCN(c2ccc(OC)c(OCCCC(F)(F)F)c2)C1=O. The Balaban J connectivity index is 1.72.